The molecule has 0 saturated carbocycles. The largest absolute Gasteiger partial charge is 0.545 e. The molecule has 0 aliphatic rings. The maximum absolute atomic E-state index is 10.4. The Labute approximate surface area is 68.2 Å². The first-order chi connectivity index (χ1) is 5.91. The molecular weight excluding hydrogens is 146 g/mol. The summed E-state index contributed by atoms with van der Waals surface area (Å²) in [7, 11) is 0. The zero-order valence-corrected chi connectivity index (χ0v) is 5.57. The molecule has 0 spiro atoms. The Morgan fingerprint density at radius 2 is 2.55 bits per heavy atom. The number of hydrogen-bond acceptors (Lipinski definition) is 2. The van der Waals surface area contributed by atoms with Crippen molar-refractivity contribution in [2.24, 2.45) is 6.98 Å². The molecule has 0 aliphatic carbocycles. The van der Waals surface area contributed by atoms with Gasteiger partial charge in [-0.3, -0.25) is 0 Å². The normalized spacial score (nSPS) is 13.6. The summed E-state index contributed by atoms with van der Waals surface area (Å²) in [4.78, 5) is 10.4. The quantitative estimate of drug-likeness (QED) is 0.445. The maximum atomic E-state index is 10.4. The number of carboxylic acid groups (broad SMARTS) is 1. The number of pyridine rings is 1. The highest BCUT2D eigenvalue weighted by Crippen LogP contribution is 1.89. The Morgan fingerprint density at radius 3 is 3.09 bits per heavy atom. The van der Waals surface area contributed by atoms with Crippen molar-refractivity contribution in [3.05, 3.63) is 30.1 Å². The Kier molecular flexibility index (Phi) is 1.76. The lowest BCUT2D eigenvalue weighted by molar-refractivity contribution is -0.671. The molecule has 1 aromatic heterocycles. The van der Waals surface area contributed by atoms with Crippen LogP contribution in [0.1, 0.15) is 14.5 Å². The molecule has 1 rings (SSSR count). The fourth-order valence-electron chi connectivity index (χ4n) is 0.596. The van der Waals surface area contributed by atoms with Gasteiger partial charge in [0.2, 0.25) is 0 Å². The standard InChI is InChI=1S/C7H7NO2.H2O/c1-8-4-2-3-6(5-8)7(9)10;/h2-5H,1H3;1H2/i1D3;. The molecule has 0 radical (unpaired) electrons. The predicted octanol–water partition coefficient (Wildman–Crippen LogP) is -1.95. The van der Waals surface area contributed by atoms with E-state index in [1.54, 1.807) is 0 Å². The number of hydrogen-bond donors (Lipinski definition) is 0. The van der Waals surface area contributed by atoms with Gasteiger partial charge in [-0.15, -0.1) is 0 Å². The monoisotopic (exact) mass is 158 g/mol. The van der Waals surface area contributed by atoms with Gasteiger partial charge >= 0.3 is 0 Å². The smallest absolute Gasteiger partial charge is 0.177 e. The molecule has 0 aliphatic heterocycles. The summed E-state index contributed by atoms with van der Waals surface area (Å²) in [6.45, 7) is -2.36. The SMILES string of the molecule is O.[2H]C([2H])([2H])[n+]1cccc(C(=O)[O-])c1. The molecule has 0 bridgehead atoms. The first-order valence-electron chi connectivity index (χ1n) is 4.14. The van der Waals surface area contributed by atoms with Crippen molar-refractivity contribution in [1.82, 2.24) is 0 Å². The fourth-order valence-corrected chi connectivity index (χ4v) is 0.596. The fraction of sp³-hybridized carbons (Fsp3) is 0.143. The van der Waals surface area contributed by atoms with Crippen molar-refractivity contribution in [3.63, 3.8) is 0 Å². The van der Waals surface area contributed by atoms with Crippen molar-refractivity contribution in [2.45, 2.75) is 0 Å². The van der Waals surface area contributed by atoms with Gasteiger partial charge in [0.05, 0.1) is 11.5 Å². The number of nitrogens with zero attached hydrogens (tertiary/aromatic N) is 1. The van der Waals surface area contributed by atoms with Gasteiger partial charge in [-0.05, 0) is 6.07 Å². The first-order valence-corrected chi connectivity index (χ1v) is 2.64. The minimum Gasteiger partial charge on any atom is -0.545 e. The summed E-state index contributed by atoms with van der Waals surface area (Å²) >= 11 is 0. The highest BCUT2D eigenvalue weighted by atomic mass is 16.4. The second-order valence-electron chi connectivity index (χ2n) is 1.79. The van der Waals surface area contributed by atoms with E-state index in [0.29, 0.717) is 0 Å². The predicted molar refractivity (Wildman–Crippen MR) is 35.6 cm³/mol. The van der Waals surface area contributed by atoms with Crippen molar-refractivity contribution < 1.29 is 24.1 Å². The molecule has 11 heavy (non-hydrogen) atoms. The molecule has 1 heterocycles. The summed E-state index contributed by atoms with van der Waals surface area (Å²) in [5.41, 5.74) is -0.154. The summed E-state index contributed by atoms with van der Waals surface area (Å²) in [5, 5.41) is 10.4. The molecule has 4 nitrogen and oxygen atoms in total. The molecule has 0 atom stereocenters. The highest BCUT2D eigenvalue weighted by molar-refractivity contribution is 5.84. The van der Waals surface area contributed by atoms with Crippen molar-refractivity contribution in [3.8, 4) is 0 Å². The van der Waals surface area contributed by atoms with Gasteiger partial charge in [0, 0.05) is 6.07 Å². The summed E-state index contributed by atoms with van der Waals surface area (Å²) in [6.07, 6.45) is 2.29. The Hall–Kier alpha value is -1.42. The molecule has 0 saturated heterocycles. The van der Waals surface area contributed by atoms with Crippen LogP contribution in [0, 0.1) is 0 Å². The second-order valence-corrected chi connectivity index (χ2v) is 1.79. The maximum Gasteiger partial charge on any atom is 0.177 e. The summed E-state index contributed by atoms with van der Waals surface area (Å²) < 4.78 is 21.8. The molecule has 0 fully saturated rings. The van der Waals surface area contributed by atoms with E-state index in [0.717, 1.165) is 10.8 Å². The van der Waals surface area contributed by atoms with Crippen LogP contribution >= 0.6 is 0 Å². The third-order valence-corrected chi connectivity index (χ3v) is 1.04. The third kappa shape index (κ3) is 2.35. The molecule has 0 amide bonds. The van der Waals surface area contributed by atoms with Gasteiger partial charge in [0.15, 0.2) is 12.4 Å². The Morgan fingerprint density at radius 1 is 1.82 bits per heavy atom. The van der Waals surface area contributed by atoms with Crippen LogP contribution < -0.4 is 9.67 Å². The first kappa shape index (κ1) is 5.26. The van der Waals surface area contributed by atoms with Crippen molar-refractivity contribution in [2.75, 3.05) is 0 Å². The van der Waals surface area contributed by atoms with Gasteiger partial charge in [0.25, 0.3) is 0 Å². The minimum atomic E-state index is -2.36. The number of aromatic carboxylic acids is 1. The number of carboxylic acids is 1. The molecule has 1 aromatic rings. The van der Waals surface area contributed by atoms with Crippen LogP contribution in [0.4, 0.5) is 0 Å². The number of rotatable bonds is 1. The van der Waals surface area contributed by atoms with Crippen LogP contribution in [-0.2, 0) is 6.98 Å². The van der Waals surface area contributed by atoms with E-state index in [4.69, 9.17) is 4.11 Å². The van der Waals surface area contributed by atoms with Crippen LogP contribution in [0.2, 0.25) is 0 Å². The van der Waals surface area contributed by atoms with E-state index in [-0.39, 0.29) is 11.0 Å². The highest BCUT2D eigenvalue weighted by Gasteiger charge is 1.96. The topological polar surface area (TPSA) is 75.5 Å². The third-order valence-electron chi connectivity index (χ3n) is 1.04. The summed E-state index contributed by atoms with van der Waals surface area (Å²) in [6, 6.07) is 2.62. The van der Waals surface area contributed by atoms with E-state index in [2.05, 4.69) is 0 Å². The van der Waals surface area contributed by atoms with Crippen LogP contribution in [0.5, 0.6) is 0 Å². The molecule has 60 valence electrons. The number of carbonyl (C=O) groups excluding carboxylic acids is 1. The van der Waals surface area contributed by atoms with Crippen LogP contribution in [0.3, 0.4) is 0 Å². The number of carbonyl (C=O) groups is 1. The zero-order valence-electron chi connectivity index (χ0n) is 8.57. The van der Waals surface area contributed by atoms with E-state index < -0.39 is 12.9 Å². The van der Waals surface area contributed by atoms with Gasteiger partial charge in [-0.2, -0.15) is 0 Å². The molecule has 2 N–H and O–H groups in total. The van der Waals surface area contributed by atoms with E-state index in [1.165, 1.54) is 18.3 Å². The zero-order chi connectivity index (χ0) is 10.1. The lowest BCUT2D eigenvalue weighted by Crippen LogP contribution is -2.31. The van der Waals surface area contributed by atoms with Gasteiger partial charge in [-0.25, -0.2) is 4.57 Å². The average Bonchev–Trinajstić information content (AvgIpc) is 2.03. The lowest BCUT2D eigenvalue weighted by Gasteiger charge is -1.96. The van der Waals surface area contributed by atoms with Crippen molar-refractivity contribution in [1.29, 1.82) is 0 Å². The second kappa shape index (κ2) is 3.68. The van der Waals surface area contributed by atoms with E-state index in [9.17, 15) is 9.90 Å². The Balaban J connectivity index is 0.00000169. The average molecular weight is 158 g/mol. The number of aromatic nitrogens is 1. The van der Waals surface area contributed by atoms with Crippen molar-refractivity contribution >= 4 is 5.97 Å². The minimum absolute atomic E-state index is 0. The summed E-state index contributed by atoms with van der Waals surface area (Å²) in [5.74, 6) is -1.39. The van der Waals surface area contributed by atoms with Crippen LogP contribution in [-0.4, -0.2) is 11.4 Å². The number of aryl methyl sites for hydroxylation is 1. The Bertz CT molecular complexity index is 337. The van der Waals surface area contributed by atoms with E-state index >= 15 is 0 Å². The molecule has 4 heteroatoms. The molecular formula is C7H9NO3. The van der Waals surface area contributed by atoms with Gasteiger partial charge < -0.3 is 15.4 Å². The molecule has 0 aromatic carbocycles. The van der Waals surface area contributed by atoms with Crippen LogP contribution in [0.15, 0.2) is 24.5 Å². The van der Waals surface area contributed by atoms with Gasteiger partial charge in [-0.1, -0.05) is 0 Å². The molecule has 0 unspecified atom stereocenters. The van der Waals surface area contributed by atoms with Gasteiger partial charge in [0.1, 0.15) is 11.1 Å². The van der Waals surface area contributed by atoms with Crippen LogP contribution in [0.25, 0.3) is 0 Å². The lowest BCUT2D eigenvalue weighted by atomic mass is 10.3. The van der Waals surface area contributed by atoms with E-state index in [1.807, 2.05) is 0 Å².